The molecule has 32 heavy (non-hydrogen) atoms. The van der Waals surface area contributed by atoms with Crippen molar-refractivity contribution in [2.45, 2.75) is 25.3 Å². The molecule has 5 rings (SSSR count). The number of allylic oxidation sites excluding steroid dienone is 2. The molecule has 0 unspecified atom stereocenters. The summed E-state index contributed by atoms with van der Waals surface area (Å²) < 4.78 is 5.73. The van der Waals surface area contributed by atoms with Crippen molar-refractivity contribution in [2.75, 3.05) is 11.9 Å². The summed E-state index contributed by atoms with van der Waals surface area (Å²) in [7, 11) is 0. The summed E-state index contributed by atoms with van der Waals surface area (Å²) in [6.07, 6.45) is 9.45. The second-order valence-electron chi connectivity index (χ2n) is 8.55. The van der Waals surface area contributed by atoms with E-state index in [0.717, 1.165) is 23.4 Å². The third kappa shape index (κ3) is 3.99. The number of para-hydroxylation sites is 1. The standard InChI is InChI=1S/C29H28N2O/c1-3-17-32-28-10-5-4-7-22(28)19-30-23-14-12-21(13-15-23)29-25-9-6-8-24(25)26-18-20(2)11-16-27(26)31-29/h3-8,10-16,18-19,24-25,29,31H,1,9,17H2,2H3/t24-,25-,29+/m1/s1. The largest absolute Gasteiger partial charge is 0.489 e. The fourth-order valence-electron chi connectivity index (χ4n) is 4.82. The highest BCUT2D eigenvalue weighted by Gasteiger charge is 2.37. The van der Waals surface area contributed by atoms with Crippen molar-refractivity contribution in [3.05, 3.63) is 114 Å². The molecule has 1 aliphatic heterocycles. The predicted molar refractivity (Wildman–Crippen MR) is 133 cm³/mol. The monoisotopic (exact) mass is 420 g/mol. The van der Waals surface area contributed by atoms with Crippen LogP contribution in [0.15, 0.2) is 96.5 Å². The smallest absolute Gasteiger partial charge is 0.128 e. The molecule has 3 aromatic carbocycles. The number of benzene rings is 3. The predicted octanol–water partition coefficient (Wildman–Crippen LogP) is 7.14. The molecular formula is C29H28N2O. The molecule has 1 N–H and O–H groups in total. The van der Waals surface area contributed by atoms with Gasteiger partial charge in [-0.1, -0.05) is 66.8 Å². The Morgan fingerprint density at radius 1 is 1.09 bits per heavy atom. The van der Waals surface area contributed by atoms with E-state index >= 15 is 0 Å². The number of nitrogens with zero attached hydrogens (tertiary/aromatic N) is 1. The van der Waals surface area contributed by atoms with E-state index in [4.69, 9.17) is 4.74 Å². The van der Waals surface area contributed by atoms with Crippen molar-refractivity contribution in [3.8, 4) is 5.75 Å². The van der Waals surface area contributed by atoms with Gasteiger partial charge in [-0.2, -0.15) is 0 Å². The third-order valence-electron chi connectivity index (χ3n) is 6.40. The molecular weight excluding hydrogens is 392 g/mol. The zero-order valence-electron chi connectivity index (χ0n) is 18.4. The minimum atomic E-state index is 0.302. The molecule has 0 saturated heterocycles. The molecule has 3 heteroatoms. The second kappa shape index (κ2) is 8.88. The van der Waals surface area contributed by atoms with Crippen molar-refractivity contribution >= 4 is 17.6 Å². The Morgan fingerprint density at radius 2 is 1.94 bits per heavy atom. The Balaban J connectivity index is 1.36. The highest BCUT2D eigenvalue weighted by molar-refractivity contribution is 5.85. The molecule has 0 fully saturated rings. The lowest BCUT2D eigenvalue weighted by Gasteiger charge is -2.37. The second-order valence-corrected chi connectivity index (χ2v) is 8.55. The number of hydrogen-bond acceptors (Lipinski definition) is 3. The molecule has 0 bridgehead atoms. The van der Waals surface area contributed by atoms with Gasteiger partial charge in [0.2, 0.25) is 0 Å². The minimum absolute atomic E-state index is 0.302. The van der Waals surface area contributed by atoms with Gasteiger partial charge in [0.15, 0.2) is 0 Å². The molecule has 3 atom stereocenters. The fraction of sp³-hybridized carbons (Fsp3) is 0.207. The summed E-state index contributed by atoms with van der Waals surface area (Å²) in [5, 5.41) is 3.81. The van der Waals surface area contributed by atoms with Crippen LogP contribution >= 0.6 is 0 Å². The van der Waals surface area contributed by atoms with E-state index in [1.165, 1.54) is 22.4 Å². The van der Waals surface area contributed by atoms with Crippen LogP contribution in [-0.2, 0) is 0 Å². The van der Waals surface area contributed by atoms with Gasteiger partial charge in [-0.05, 0) is 60.7 Å². The maximum absolute atomic E-state index is 5.73. The van der Waals surface area contributed by atoms with Crippen LogP contribution in [0.2, 0.25) is 0 Å². The number of hydrogen-bond donors (Lipinski definition) is 1. The lowest BCUT2D eigenvalue weighted by Crippen LogP contribution is -2.29. The van der Waals surface area contributed by atoms with Crippen LogP contribution in [0.5, 0.6) is 5.75 Å². The molecule has 1 aliphatic carbocycles. The zero-order chi connectivity index (χ0) is 21.9. The number of nitrogens with one attached hydrogen (secondary N) is 1. The lowest BCUT2D eigenvalue weighted by atomic mass is 9.76. The Labute approximate surface area is 190 Å². The van der Waals surface area contributed by atoms with Gasteiger partial charge in [0.05, 0.1) is 11.7 Å². The molecule has 0 amide bonds. The first kappa shape index (κ1) is 20.3. The first-order valence-electron chi connectivity index (χ1n) is 11.2. The Hall–Kier alpha value is -3.59. The topological polar surface area (TPSA) is 33.6 Å². The summed E-state index contributed by atoms with van der Waals surface area (Å²) in [4.78, 5) is 4.68. The van der Waals surface area contributed by atoms with Crippen LogP contribution in [0.25, 0.3) is 0 Å². The van der Waals surface area contributed by atoms with Gasteiger partial charge in [-0.15, -0.1) is 0 Å². The van der Waals surface area contributed by atoms with Crippen molar-refractivity contribution < 1.29 is 4.74 Å². The van der Waals surface area contributed by atoms with Gasteiger partial charge >= 0.3 is 0 Å². The Bertz CT molecular complexity index is 1180. The lowest BCUT2D eigenvalue weighted by molar-refractivity contribution is 0.363. The first-order valence-corrected chi connectivity index (χ1v) is 11.2. The summed E-state index contributed by atoms with van der Waals surface area (Å²) in [6.45, 7) is 6.36. The van der Waals surface area contributed by atoms with E-state index in [9.17, 15) is 0 Å². The third-order valence-corrected chi connectivity index (χ3v) is 6.40. The molecule has 0 radical (unpaired) electrons. The van der Waals surface area contributed by atoms with Crippen LogP contribution in [0.1, 0.15) is 40.6 Å². The van der Waals surface area contributed by atoms with Gasteiger partial charge in [0.25, 0.3) is 0 Å². The van der Waals surface area contributed by atoms with Crippen LogP contribution < -0.4 is 10.1 Å². The molecule has 1 heterocycles. The quantitative estimate of drug-likeness (QED) is 0.340. The van der Waals surface area contributed by atoms with E-state index in [0.29, 0.717) is 24.5 Å². The van der Waals surface area contributed by atoms with E-state index in [1.807, 2.05) is 30.5 Å². The number of aliphatic imine (C=N–C) groups is 1. The van der Waals surface area contributed by atoms with Gasteiger partial charge < -0.3 is 10.1 Å². The number of fused-ring (bicyclic) bond motifs is 3. The molecule has 0 saturated carbocycles. The van der Waals surface area contributed by atoms with Crippen LogP contribution in [-0.4, -0.2) is 12.8 Å². The number of anilines is 1. The SMILES string of the molecule is C=CCOc1ccccc1C=Nc1ccc([C@@H]2Nc3ccc(C)cc3[C@@H]3C=CC[C@H]32)cc1. The Kier molecular flexibility index (Phi) is 5.64. The summed E-state index contributed by atoms with van der Waals surface area (Å²) >= 11 is 0. The van der Waals surface area contributed by atoms with Gasteiger partial charge in [-0.3, -0.25) is 4.99 Å². The maximum Gasteiger partial charge on any atom is 0.128 e. The first-order chi connectivity index (χ1) is 15.7. The van der Waals surface area contributed by atoms with Crippen molar-refractivity contribution in [2.24, 2.45) is 10.9 Å². The van der Waals surface area contributed by atoms with Crippen LogP contribution in [0.3, 0.4) is 0 Å². The number of aryl methyl sites for hydroxylation is 1. The normalized spacial score (nSPS) is 21.1. The number of ether oxygens (including phenoxy) is 1. The van der Waals surface area contributed by atoms with Gasteiger partial charge in [0.1, 0.15) is 12.4 Å². The van der Waals surface area contributed by atoms with Crippen molar-refractivity contribution in [1.29, 1.82) is 0 Å². The van der Waals surface area contributed by atoms with E-state index in [2.05, 4.69) is 78.4 Å². The molecule has 0 aromatic heterocycles. The molecule has 3 aromatic rings. The van der Waals surface area contributed by atoms with Gasteiger partial charge in [0, 0.05) is 23.4 Å². The Morgan fingerprint density at radius 3 is 2.78 bits per heavy atom. The summed E-state index contributed by atoms with van der Waals surface area (Å²) in [5.74, 6) is 1.85. The van der Waals surface area contributed by atoms with Gasteiger partial charge in [-0.25, -0.2) is 0 Å². The fourth-order valence-corrected chi connectivity index (χ4v) is 4.82. The van der Waals surface area contributed by atoms with Crippen LogP contribution in [0.4, 0.5) is 11.4 Å². The molecule has 160 valence electrons. The highest BCUT2D eigenvalue weighted by Crippen LogP contribution is 2.50. The summed E-state index contributed by atoms with van der Waals surface area (Å²) in [6, 6.07) is 23.6. The average molecular weight is 421 g/mol. The highest BCUT2D eigenvalue weighted by atomic mass is 16.5. The van der Waals surface area contributed by atoms with E-state index in [-0.39, 0.29) is 0 Å². The van der Waals surface area contributed by atoms with Crippen LogP contribution in [0, 0.1) is 12.8 Å². The summed E-state index contributed by atoms with van der Waals surface area (Å²) in [5.41, 5.74) is 7.20. The van der Waals surface area contributed by atoms with E-state index in [1.54, 1.807) is 6.08 Å². The average Bonchev–Trinajstić information content (AvgIpc) is 3.32. The van der Waals surface area contributed by atoms with Crippen molar-refractivity contribution in [1.82, 2.24) is 0 Å². The molecule has 2 aliphatic rings. The maximum atomic E-state index is 5.73. The minimum Gasteiger partial charge on any atom is -0.489 e. The zero-order valence-corrected chi connectivity index (χ0v) is 18.4. The number of rotatable bonds is 6. The van der Waals surface area contributed by atoms with Crippen molar-refractivity contribution in [3.63, 3.8) is 0 Å². The molecule has 0 spiro atoms. The molecule has 3 nitrogen and oxygen atoms in total. The van der Waals surface area contributed by atoms with E-state index < -0.39 is 0 Å².